The smallest absolute Gasteiger partial charge is 0.107 e. The number of morpholine rings is 1. The average molecular weight is 290 g/mol. The Hall–Kier alpha value is 0.1000. The number of halogens is 1. The van der Waals surface area contributed by atoms with Gasteiger partial charge in [-0.1, -0.05) is 22.5 Å². The van der Waals surface area contributed by atoms with Crippen LogP contribution in [0.2, 0.25) is 0 Å². The van der Waals surface area contributed by atoms with Crippen molar-refractivity contribution in [3.63, 3.8) is 0 Å². The van der Waals surface area contributed by atoms with E-state index < -0.39 is 0 Å². The third-order valence-electron chi connectivity index (χ3n) is 3.07. The monoisotopic (exact) mass is 289 g/mol. The zero-order valence-corrected chi connectivity index (χ0v) is 11.7. The molecule has 1 spiro atoms. The normalized spacial score (nSPS) is 34.4. The van der Waals surface area contributed by atoms with Crippen LogP contribution in [0.25, 0.3) is 0 Å². The van der Waals surface area contributed by atoms with Gasteiger partial charge in [0.05, 0.1) is 12.2 Å². The van der Waals surface area contributed by atoms with Gasteiger partial charge < -0.3 is 9.47 Å². The minimum absolute atomic E-state index is 0.0931. The topological polar surface area (TPSA) is 21.7 Å². The maximum absolute atomic E-state index is 6.22. The van der Waals surface area contributed by atoms with Crippen LogP contribution in [0.4, 0.5) is 0 Å². The Balaban J connectivity index is 2.09. The summed E-state index contributed by atoms with van der Waals surface area (Å²) in [5, 5.41) is 0. The summed E-state index contributed by atoms with van der Waals surface area (Å²) in [7, 11) is 0. The number of hydrogen-bond acceptors (Lipinski definition) is 3. The van der Waals surface area contributed by atoms with E-state index in [-0.39, 0.29) is 11.2 Å². The highest BCUT2D eigenvalue weighted by Crippen LogP contribution is 2.34. The summed E-state index contributed by atoms with van der Waals surface area (Å²) in [5.74, 6) is 0. The number of rotatable bonds is 2. The van der Waals surface area contributed by atoms with E-state index in [4.69, 9.17) is 9.47 Å². The highest BCUT2D eigenvalue weighted by Gasteiger charge is 2.46. The molecule has 2 rings (SSSR count). The number of nitrogens with zero attached hydrogens (tertiary/aromatic N) is 1. The van der Waals surface area contributed by atoms with E-state index in [0.29, 0.717) is 0 Å². The van der Waals surface area contributed by atoms with E-state index in [2.05, 4.69) is 41.3 Å². The van der Waals surface area contributed by atoms with Crippen molar-refractivity contribution in [2.24, 2.45) is 0 Å². The van der Waals surface area contributed by atoms with Gasteiger partial charge in [-0.2, -0.15) is 0 Å². The van der Waals surface area contributed by atoms with Crippen molar-refractivity contribution in [3.05, 3.63) is 11.1 Å². The van der Waals surface area contributed by atoms with Crippen LogP contribution in [0.3, 0.4) is 0 Å². The molecule has 1 atom stereocenters. The molecule has 16 heavy (non-hydrogen) atoms. The van der Waals surface area contributed by atoms with Crippen molar-refractivity contribution in [2.75, 3.05) is 32.8 Å². The van der Waals surface area contributed by atoms with Gasteiger partial charge in [-0.05, 0) is 13.8 Å². The van der Waals surface area contributed by atoms with E-state index in [1.165, 1.54) is 0 Å². The summed E-state index contributed by atoms with van der Waals surface area (Å²) in [5.41, 5.74) is -0.196. The molecule has 2 fully saturated rings. The third-order valence-corrected chi connectivity index (χ3v) is 3.32. The molecule has 3 nitrogen and oxygen atoms in total. The molecule has 0 amide bonds. The average Bonchev–Trinajstić information content (AvgIpc) is 2.47. The first-order valence-electron chi connectivity index (χ1n) is 5.74. The van der Waals surface area contributed by atoms with Gasteiger partial charge in [0.15, 0.2) is 0 Å². The van der Waals surface area contributed by atoms with Gasteiger partial charge in [-0.25, -0.2) is 0 Å². The Labute approximate surface area is 106 Å². The molecule has 0 saturated carbocycles. The summed E-state index contributed by atoms with van der Waals surface area (Å²) in [6, 6.07) is 0. The molecule has 0 N–H and O–H groups in total. The molecule has 2 aliphatic rings. The quantitative estimate of drug-likeness (QED) is 0.778. The first-order valence-corrected chi connectivity index (χ1v) is 6.54. The van der Waals surface area contributed by atoms with E-state index in [0.717, 1.165) is 43.8 Å². The SMILES string of the molecule is C=C(Br)CN1CC(C)(C)O[C@@]2(CCOC2)C1. The molecule has 2 aliphatic heterocycles. The van der Waals surface area contributed by atoms with Gasteiger partial charge in [-0.15, -0.1) is 0 Å². The van der Waals surface area contributed by atoms with Gasteiger partial charge in [-0.3, -0.25) is 4.90 Å². The lowest BCUT2D eigenvalue weighted by atomic mass is 9.95. The van der Waals surface area contributed by atoms with Crippen LogP contribution in [0, 0.1) is 0 Å². The predicted octanol–water partition coefficient (Wildman–Crippen LogP) is 2.16. The fraction of sp³-hybridized carbons (Fsp3) is 0.833. The molecule has 0 aromatic heterocycles. The molecule has 0 unspecified atom stereocenters. The Morgan fingerprint density at radius 3 is 2.75 bits per heavy atom. The molecule has 0 aromatic rings. The predicted molar refractivity (Wildman–Crippen MR) is 67.8 cm³/mol. The minimum Gasteiger partial charge on any atom is -0.378 e. The van der Waals surface area contributed by atoms with Crippen LogP contribution in [0.1, 0.15) is 20.3 Å². The Kier molecular flexibility index (Phi) is 3.46. The van der Waals surface area contributed by atoms with E-state index in [1.54, 1.807) is 0 Å². The van der Waals surface area contributed by atoms with Gasteiger partial charge >= 0.3 is 0 Å². The van der Waals surface area contributed by atoms with Crippen LogP contribution in [0.15, 0.2) is 11.1 Å². The molecule has 2 saturated heterocycles. The fourth-order valence-corrected chi connectivity index (χ4v) is 3.16. The maximum Gasteiger partial charge on any atom is 0.107 e. The molecule has 0 aliphatic carbocycles. The standard InChI is InChI=1S/C12H20BrNO2/c1-10(13)6-14-7-11(2,3)16-12(8-14)4-5-15-9-12/h1,4-9H2,2-3H3/t12-/m0/s1. The van der Waals surface area contributed by atoms with Crippen molar-refractivity contribution in [3.8, 4) is 0 Å². The second-order valence-electron chi connectivity index (χ2n) is 5.51. The molecule has 0 aromatic carbocycles. The summed E-state index contributed by atoms with van der Waals surface area (Å²) >= 11 is 3.44. The number of ether oxygens (including phenoxy) is 2. The van der Waals surface area contributed by atoms with Gasteiger partial charge in [0.25, 0.3) is 0 Å². The minimum atomic E-state index is -0.103. The first-order chi connectivity index (χ1) is 7.41. The van der Waals surface area contributed by atoms with Crippen LogP contribution in [-0.2, 0) is 9.47 Å². The Morgan fingerprint density at radius 1 is 1.44 bits per heavy atom. The van der Waals surface area contributed by atoms with Crippen LogP contribution < -0.4 is 0 Å². The highest BCUT2D eigenvalue weighted by atomic mass is 79.9. The Bertz CT molecular complexity index is 285. The van der Waals surface area contributed by atoms with Crippen molar-refractivity contribution < 1.29 is 9.47 Å². The third kappa shape index (κ3) is 2.86. The lowest BCUT2D eigenvalue weighted by molar-refractivity contribution is -0.193. The fourth-order valence-electron chi connectivity index (χ4n) is 2.80. The van der Waals surface area contributed by atoms with Crippen LogP contribution >= 0.6 is 15.9 Å². The lowest BCUT2D eigenvalue weighted by Crippen LogP contribution is -2.60. The van der Waals surface area contributed by atoms with E-state index >= 15 is 0 Å². The van der Waals surface area contributed by atoms with E-state index in [1.807, 2.05) is 0 Å². The molecule has 4 heteroatoms. The van der Waals surface area contributed by atoms with E-state index in [9.17, 15) is 0 Å². The Morgan fingerprint density at radius 2 is 2.19 bits per heavy atom. The van der Waals surface area contributed by atoms with Crippen LogP contribution in [-0.4, -0.2) is 49.0 Å². The van der Waals surface area contributed by atoms with Gasteiger partial charge in [0.1, 0.15) is 5.60 Å². The summed E-state index contributed by atoms with van der Waals surface area (Å²) in [6.45, 7) is 12.5. The summed E-state index contributed by atoms with van der Waals surface area (Å²) < 4.78 is 12.7. The summed E-state index contributed by atoms with van der Waals surface area (Å²) in [4.78, 5) is 2.40. The molecular weight excluding hydrogens is 270 g/mol. The van der Waals surface area contributed by atoms with Gasteiger partial charge in [0.2, 0.25) is 0 Å². The zero-order valence-electron chi connectivity index (χ0n) is 10.1. The zero-order chi connectivity index (χ0) is 11.8. The molecule has 92 valence electrons. The van der Waals surface area contributed by atoms with Crippen molar-refractivity contribution in [1.29, 1.82) is 0 Å². The summed E-state index contributed by atoms with van der Waals surface area (Å²) in [6.07, 6.45) is 1.00. The van der Waals surface area contributed by atoms with Crippen LogP contribution in [0.5, 0.6) is 0 Å². The highest BCUT2D eigenvalue weighted by molar-refractivity contribution is 9.11. The number of hydrogen-bond donors (Lipinski definition) is 0. The first kappa shape index (κ1) is 12.6. The van der Waals surface area contributed by atoms with Crippen molar-refractivity contribution in [2.45, 2.75) is 31.5 Å². The largest absolute Gasteiger partial charge is 0.378 e. The second kappa shape index (κ2) is 4.41. The van der Waals surface area contributed by atoms with Crippen molar-refractivity contribution >= 4 is 15.9 Å². The second-order valence-corrected chi connectivity index (χ2v) is 6.63. The maximum atomic E-state index is 6.22. The molecular formula is C12H20BrNO2. The molecule has 2 heterocycles. The molecule has 0 radical (unpaired) electrons. The lowest BCUT2D eigenvalue weighted by Gasteiger charge is -2.48. The molecule has 0 bridgehead atoms. The van der Waals surface area contributed by atoms with Crippen molar-refractivity contribution in [1.82, 2.24) is 4.90 Å². The van der Waals surface area contributed by atoms with Gasteiger partial charge in [0, 0.05) is 37.1 Å².